The predicted octanol–water partition coefficient (Wildman–Crippen LogP) is 3.84. The third-order valence-electron chi connectivity index (χ3n) is 6.66. The Morgan fingerprint density at radius 3 is 2.76 bits per heavy atom. The molecule has 2 aliphatic rings. The summed E-state index contributed by atoms with van der Waals surface area (Å²) >= 11 is 0. The number of carbonyl (C=O) groups excluding carboxylic acids is 1. The smallest absolute Gasteiger partial charge is 0.256 e. The van der Waals surface area contributed by atoms with E-state index >= 15 is 0 Å². The highest BCUT2D eigenvalue weighted by Gasteiger charge is 2.34. The molecule has 3 heterocycles. The number of nitrogens with one attached hydrogen (secondary N) is 2. The largest absolute Gasteiger partial charge is 0.355 e. The molecule has 2 aliphatic heterocycles. The predicted molar refractivity (Wildman–Crippen MR) is 135 cm³/mol. The molecule has 0 atom stereocenters. The molecule has 1 amide bonds. The molecule has 34 heavy (non-hydrogen) atoms. The number of nitrogens with zero attached hydrogens (tertiary/aromatic N) is 3. The molecule has 9 heteroatoms. The van der Waals surface area contributed by atoms with Crippen molar-refractivity contribution in [1.29, 1.82) is 0 Å². The summed E-state index contributed by atoms with van der Waals surface area (Å²) in [4.78, 5) is 24.9. The number of benzene rings is 1. The van der Waals surface area contributed by atoms with Gasteiger partial charge in [-0.1, -0.05) is 25.0 Å². The van der Waals surface area contributed by atoms with Gasteiger partial charge in [-0.3, -0.25) is 4.79 Å². The highest BCUT2D eigenvalue weighted by atomic mass is 32.2. The van der Waals surface area contributed by atoms with Gasteiger partial charge in [0, 0.05) is 44.6 Å². The molecule has 0 aliphatic carbocycles. The number of H-pyrrole nitrogens is 1. The van der Waals surface area contributed by atoms with Crippen LogP contribution in [0.2, 0.25) is 0 Å². The number of carbonyl (C=O) groups is 1. The number of fused-ring (bicyclic) bond motifs is 1. The Morgan fingerprint density at radius 2 is 2.00 bits per heavy atom. The zero-order chi connectivity index (χ0) is 24.1. The number of aliphatic imine (C=N–C) groups is 1. The van der Waals surface area contributed by atoms with Crippen LogP contribution in [-0.4, -0.2) is 53.3 Å². The van der Waals surface area contributed by atoms with Gasteiger partial charge < -0.3 is 10.3 Å². The van der Waals surface area contributed by atoms with Crippen molar-refractivity contribution in [2.75, 3.05) is 19.6 Å². The lowest BCUT2D eigenvalue weighted by molar-refractivity contribution is -0.126. The summed E-state index contributed by atoms with van der Waals surface area (Å²) in [5.41, 5.74) is 4.33. The molecule has 0 unspecified atom stereocenters. The van der Waals surface area contributed by atoms with Crippen molar-refractivity contribution in [3.63, 3.8) is 0 Å². The van der Waals surface area contributed by atoms with E-state index in [0.717, 1.165) is 42.5 Å². The Kier molecular flexibility index (Phi) is 7.83. The second kappa shape index (κ2) is 10.8. The minimum atomic E-state index is -3.57. The van der Waals surface area contributed by atoms with Gasteiger partial charge in [-0.25, -0.2) is 18.4 Å². The molecule has 1 saturated heterocycles. The lowest BCUT2D eigenvalue weighted by atomic mass is 9.97. The molecule has 0 spiro atoms. The average Bonchev–Trinajstić information content (AvgIpc) is 3.06. The van der Waals surface area contributed by atoms with Crippen LogP contribution in [0.25, 0.3) is 11.0 Å². The van der Waals surface area contributed by atoms with Gasteiger partial charge >= 0.3 is 0 Å². The molecular formula is C25H35N5O3S. The monoisotopic (exact) mass is 485 g/mol. The van der Waals surface area contributed by atoms with Crippen LogP contribution in [0.4, 0.5) is 0 Å². The Hall–Kier alpha value is -2.52. The molecule has 1 fully saturated rings. The molecule has 4 rings (SSSR count). The van der Waals surface area contributed by atoms with Gasteiger partial charge in [0.2, 0.25) is 5.91 Å². The first-order valence-electron chi connectivity index (χ1n) is 12.3. The molecule has 1 aromatic heterocycles. The highest BCUT2D eigenvalue weighted by molar-refractivity contribution is 8.04. The molecule has 2 aromatic rings. The minimum Gasteiger partial charge on any atom is -0.355 e. The first kappa shape index (κ1) is 24.6. The molecular weight excluding hydrogens is 450 g/mol. The average molecular weight is 486 g/mol. The normalized spacial score (nSPS) is 18.4. The Bertz CT molecular complexity index is 1190. The quantitative estimate of drug-likeness (QED) is 0.621. The number of hydrogen-bond donors (Lipinski definition) is 2. The van der Waals surface area contributed by atoms with E-state index in [9.17, 15) is 13.2 Å². The summed E-state index contributed by atoms with van der Waals surface area (Å²) in [7, 11) is -3.57. The second-order valence-corrected chi connectivity index (χ2v) is 11.3. The first-order valence-corrected chi connectivity index (χ1v) is 13.8. The number of aromatic amines is 1. The van der Waals surface area contributed by atoms with Crippen molar-refractivity contribution in [2.24, 2.45) is 10.9 Å². The van der Waals surface area contributed by atoms with Gasteiger partial charge in [-0.2, -0.15) is 4.31 Å². The van der Waals surface area contributed by atoms with Gasteiger partial charge in [0.15, 0.2) is 0 Å². The molecule has 0 bridgehead atoms. The van der Waals surface area contributed by atoms with E-state index in [2.05, 4.69) is 33.3 Å². The zero-order valence-electron chi connectivity index (χ0n) is 20.1. The fourth-order valence-electron chi connectivity index (χ4n) is 4.72. The molecule has 0 saturated carbocycles. The van der Waals surface area contributed by atoms with Gasteiger partial charge in [0.05, 0.1) is 11.0 Å². The number of rotatable bonds is 7. The summed E-state index contributed by atoms with van der Waals surface area (Å²) in [6.07, 6.45) is 7.64. The summed E-state index contributed by atoms with van der Waals surface area (Å²) in [6.45, 7) is 5.37. The van der Waals surface area contributed by atoms with Crippen LogP contribution in [0, 0.1) is 12.8 Å². The summed E-state index contributed by atoms with van der Waals surface area (Å²) in [5, 5.41) is 3.27. The van der Waals surface area contributed by atoms with Crippen LogP contribution in [-0.2, 0) is 21.2 Å². The van der Waals surface area contributed by atoms with Crippen molar-refractivity contribution < 1.29 is 13.2 Å². The molecule has 184 valence electrons. The lowest BCUT2D eigenvalue weighted by Crippen LogP contribution is -2.45. The highest BCUT2D eigenvalue weighted by Crippen LogP contribution is 2.24. The SMILES string of the molecule is CCCC1=CN=C(S(=O)(=O)N2CCC(C(=O)NCCc3nc4ccc(C)cc4[nH]3)CC2)CCC1. The van der Waals surface area contributed by atoms with Gasteiger partial charge in [0.1, 0.15) is 10.9 Å². The number of hydrogen-bond acceptors (Lipinski definition) is 5. The number of aromatic nitrogens is 2. The fourth-order valence-corrected chi connectivity index (χ4v) is 6.29. The number of piperidine rings is 1. The van der Waals surface area contributed by atoms with E-state index in [1.54, 1.807) is 6.20 Å². The van der Waals surface area contributed by atoms with Crippen molar-refractivity contribution in [3.05, 3.63) is 41.4 Å². The third-order valence-corrected chi connectivity index (χ3v) is 8.61. The van der Waals surface area contributed by atoms with Gasteiger partial charge in [-0.15, -0.1) is 0 Å². The van der Waals surface area contributed by atoms with E-state index < -0.39 is 10.0 Å². The number of aryl methyl sites for hydroxylation is 1. The van der Waals surface area contributed by atoms with E-state index in [4.69, 9.17) is 0 Å². The number of sulfonamides is 1. The van der Waals surface area contributed by atoms with Gasteiger partial charge in [0.25, 0.3) is 10.0 Å². The number of amides is 1. The Balaban J connectivity index is 1.26. The van der Waals surface area contributed by atoms with E-state index in [1.807, 2.05) is 19.1 Å². The number of imidazole rings is 1. The molecule has 1 aromatic carbocycles. The third kappa shape index (κ3) is 5.75. The summed E-state index contributed by atoms with van der Waals surface area (Å²) in [6, 6.07) is 6.09. The van der Waals surface area contributed by atoms with Crippen molar-refractivity contribution in [3.8, 4) is 0 Å². The lowest BCUT2D eigenvalue weighted by Gasteiger charge is -2.30. The Labute approximate surface area is 202 Å². The summed E-state index contributed by atoms with van der Waals surface area (Å²) < 4.78 is 27.7. The van der Waals surface area contributed by atoms with Crippen LogP contribution in [0.1, 0.15) is 63.3 Å². The van der Waals surface area contributed by atoms with Crippen LogP contribution < -0.4 is 5.32 Å². The number of allylic oxidation sites excluding steroid dienone is 1. The maximum atomic E-state index is 13.1. The van der Waals surface area contributed by atoms with Crippen molar-refractivity contribution in [1.82, 2.24) is 19.6 Å². The second-order valence-electron chi connectivity index (χ2n) is 9.34. The van der Waals surface area contributed by atoms with Crippen LogP contribution in [0.3, 0.4) is 0 Å². The van der Waals surface area contributed by atoms with Crippen molar-refractivity contribution in [2.45, 2.75) is 65.2 Å². The maximum Gasteiger partial charge on any atom is 0.256 e. The topological polar surface area (TPSA) is 108 Å². The van der Waals surface area contributed by atoms with Crippen LogP contribution >= 0.6 is 0 Å². The van der Waals surface area contributed by atoms with Crippen LogP contribution in [0.5, 0.6) is 0 Å². The molecule has 2 N–H and O–H groups in total. The van der Waals surface area contributed by atoms with Crippen molar-refractivity contribution >= 4 is 32.0 Å². The first-order chi connectivity index (χ1) is 16.4. The molecule has 8 nitrogen and oxygen atoms in total. The Morgan fingerprint density at radius 1 is 1.21 bits per heavy atom. The van der Waals surface area contributed by atoms with E-state index in [1.165, 1.54) is 15.4 Å². The zero-order valence-corrected chi connectivity index (χ0v) is 21.0. The van der Waals surface area contributed by atoms with E-state index in [0.29, 0.717) is 45.3 Å². The molecule has 0 radical (unpaired) electrons. The van der Waals surface area contributed by atoms with Gasteiger partial charge in [-0.05, 0) is 56.7 Å². The standard InChI is InChI=1S/C25H35N5O3S/c1-3-5-19-6-4-7-24(27-17-19)34(32,33)30-14-11-20(12-15-30)25(31)26-13-10-23-28-21-9-8-18(2)16-22(21)29-23/h8-9,16-17,20H,3-7,10-15H2,1-2H3,(H,26,31)(H,28,29). The van der Waals surface area contributed by atoms with E-state index in [-0.39, 0.29) is 16.9 Å². The van der Waals surface area contributed by atoms with Crippen LogP contribution in [0.15, 0.2) is 35.0 Å². The maximum absolute atomic E-state index is 13.1. The minimum absolute atomic E-state index is 0.0112. The fraction of sp³-hybridized carbons (Fsp3) is 0.560. The summed E-state index contributed by atoms with van der Waals surface area (Å²) in [5.74, 6) is 0.669.